The third-order valence-corrected chi connectivity index (χ3v) is 5.55. The van der Waals surface area contributed by atoms with E-state index < -0.39 is 0 Å². The van der Waals surface area contributed by atoms with Crippen molar-refractivity contribution in [2.75, 3.05) is 18.6 Å². The van der Waals surface area contributed by atoms with E-state index in [1.807, 2.05) is 30.3 Å². The number of rotatable bonds is 4. The number of thioether (sulfide) groups is 2. The molecule has 96 valence electrons. The fourth-order valence-corrected chi connectivity index (χ4v) is 4.30. The Morgan fingerprint density at radius 1 is 1.28 bits per heavy atom. The Hall–Kier alpha value is -0.870. The van der Waals surface area contributed by atoms with Gasteiger partial charge in [0.15, 0.2) is 5.78 Å². The number of ketones is 1. The highest BCUT2D eigenvalue weighted by Crippen LogP contribution is 2.31. The molecule has 0 N–H and O–H groups in total. The number of methoxy groups -OCH3 is 1. The van der Waals surface area contributed by atoms with Gasteiger partial charge in [-0.15, -0.1) is 23.5 Å². The van der Waals surface area contributed by atoms with E-state index >= 15 is 0 Å². The molecule has 0 radical (unpaired) electrons. The molecule has 0 atom stereocenters. The second kappa shape index (κ2) is 6.90. The zero-order valence-corrected chi connectivity index (χ0v) is 11.9. The van der Waals surface area contributed by atoms with Gasteiger partial charge >= 0.3 is 0 Å². The summed E-state index contributed by atoms with van der Waals surface area (Å²) < 4.78 is 5.18. The number of benzene rings is 1. The second-order valence-corrected chi connectivity index (χ2v) is 6.66. The number of carbonyl (C=O) groups is 1. The first kappa shape index (κ1) is 13.6. The quantitative estimate of drug-likeness (QED) is 0.789. The van der Waals surface area contributed by atoms with E-state index in [0.717, 1.165) is 22.8 Å². The molecule has 4 heteroatoms. The van der Waals surface area contributed by atoms with Gasteiger partial charge in [-0.1, -0.05) is 18.2 Å². The van der Waals surface area contributed by atoms with Crippen molar-refractivity contribution < 1.29 is 9.53 Å². The van der Waals surface area contributed by atoms with Crippen LogP contribution in [0.4, 0.5) is 0 Å². The monoisotopic (exact) mass is 280 g/mol. The van der Waals surface area contributed by atoms with Crippen molar-refractivity contribution in [1.29, 1.82) is 0 Å². The van der Waals surface area contributed by atoms with Crippen molar-refractivity contribution in [3.8, 4) is 5.75 Å². The van der Waals surface area contributed by atoms with E-state index in [1.54, 1.807) is 36.7 Å². The number of carbonyl (C=O) groups excluding carboxylic acids is 1. The molecular formula is C14H16O2S2. The van der Waals surface area contributed by atoms with E-state index in [0.29, 0.717) is 0 Å². The van der Waals surface area contributed by atoms with Crippen LogP contribution in [0.15, 0.2) is 30.3 Å². The Balaban J connectivity index is 1.94. The average Bonchev–Trinajstić information content (AvgIpc) is 2.46. The summed E-state index contributed by atoms with van der Waals surface area (Å²) in [5.41, 5.74) is 1.02. The zero-order valence-electron chi connectivity index (χ0n) is 10.3. The molecule has 2 rings (SSSR count). The lowest BCUT2D eigenvalue weighted by Gasteiger charge is -2.17. The van der Waals surface area contributed by atoms with Crippen LogP contribution in [0.25, 0.3) is 6.08 Å². The van der Waals surface area contributed by atoms with Crippen LogP contribution in [-0.4, -0.2) is 29.0 Å². The van der Waals surface area contributed by atoms with E-state index in [4.69, 9.17) is 4.74 Å². The van der Waals surface area contributed by atoms with E-state index in [-0.39, 0.29) is 10.4 Å². The van der Waals surface area contributed by atoms with Gasteiger partial charge in [0.2, 0.25) is 0 Å². The smallest absolute Gasteiger partial charge is 0.178 e. The SMILES string of the molecule is COc1ccc(C=CC(=O)C2SCCCS2)cc1. The molecule has 1 aliphatic rings. The Morgan fingerprint density at radius 2 is 1.94 bits per heavy atom. The Labute approximate surface area is 116 Å². The molecule has 2 nitrogen and oxygen atoms in total. The summed E-state index contributed by atoms with van der Waals surface area (Å²) in [6.45, 7) is 0. The minimum Gasteiger partial charge on any atom is -0.497 e. The number of allylic oxidation sites excluding steroid dienone is 1. The van der Waals surface area contributed by atoms with Crippen LogP contribution in [0.2, 0.25) is 0 Å². The lowest BCUT2D eigenvalue weighted by Crippen LogP contribution is -2.15. The number of ether oxygens (including phenoxy) is 1. The van der Waals surface area contributed by atoms with Gasteiger partial charge in [-0.25, -0.2) is 0 Å². The fourth-order valence-electron chi connectivity index (χ4n) is 1.62. The summed E-state index contributed by atoms with van der Waals surface area (Å²) >= 11 is 3.51. The molecule has 1 fully saturated rings. The molecule has 0 unspecified atom stereocenters. The van der Waals surface area contributed by atoms with Gasteiger partial charge in [0, 0.05) is 0 Å². The molecule has 0 saturated carbocycles. The zero-order chi connectivity index (χ0) is 12.8. The van der Waals surface area contributed by atoms with Gasteiger partial charge in [0.05, 0.1) is 7.11 Å². The molecule has 0 aromatic heterocycles. The van der Waals surface area contributed by atoms with Gasteiger partial charge in [-0.05, 0) is 41.7 Å². The standard InChI is InChI=1S/C14H16O2S2/c1-16-12-6-3-11(4-7-12)5-8-13(15)14-17-9-2-10-18-14/h3-8,14H,2,9-10H2,1H3. The van der Waals surface area contributed by atoms with E-state index in [9.17, 15) is 4.79 Å². The molecule has 0 bridgehead atoms. The summed E-state index contributed by atoms with van der Waals surface area (Å²) in [4.78, 5) is 11.9. The molecule has 1 aromatic rings. The lowest BCUT2D eigenvalue weighted by atomic mass is 10.2. The average molecular weight is 280 g/mol. The number of hydrogen-bond donors (Lipinski definition) is 0. The third kappa shape index (κ3) is 3.82. The maximum Gasteiger partial charge on any atom is 0.178 e. The normalized spacial score (nSPS) is 16.9. The maximum atomic E-state index is 11.9. The fraction of sp³-hybridized carbons (Fsp3) is 0.357. The summed E-state index contributed by atoms with van der Waals surface area (Å²) in [7, 11) is 1.64. The first-order valence-electron chi connectivity index (χ1n) is 5.89. The topological polar surface area (TPSA) is 26.3 Å². The third-order valence-electron chi connectivity index (χ3n) is 2.62. The molecule has 1 saturated heterocycles. The Bertz CT molecular complexity index is 420. The van der Waals surface area contributed by atoms with Gasteiger partial charge in [0.25, 0.3) is 0 Å². The van der Waals surface area contributed by atoms with Gasteiger partial charge < -0.3 is 4.74 Å². The van der Waals surface area contributed by atoms with Crippen molar-refractivity contribution in [2.24, 2.45) is 0 Å². The highest BCUT2D eigenvalue weighted by Gasteiger charge is 2.19. The van der Waals surface area contributed by atoms with Crippen LogP contribution in [0, 0.1) is 0 Å². The van der Waals surface area contributed by atoms with Crippen LogP contribution in [0.3, 0.4) is 0 Å². The van der Waals surface area contributed by atoms with E-state index in [1.165, 1.54) is 6.42 Å². The van der Waals surface area contributed by atoms with Crippen LogP contribution in [0.1, 0.15) is 12.0 Å². The minimum absolute atomic E-state index is 0.0910. The van der Waals surface area contributed by atoms with Gasteiger partial charge in [-0.3, -0.25) is 4.79 Å². The summed E-state index contributed by atoms with van der Waals surface area (Å²) in [6, 6.07) is 7.69. The van der Waals surface area contributed by atoms with Crippen molar-refractivity contribution in [3.63, 3.8) is 0 Å². The van der Waals surface area contributed by atoms with Crippen LogP contribution < -0.4 is 4.74 Å². The highest BCUT2D eigenvalue weighted by atomic mass is 32.2. The first-order chi connectivity index (χ1) is 8.79. The van der Waals surface area contributed by atoms with Crippen molar-refractivity contribution in [1.82, 2.24) is 0 Å². The van der Waals surface area contributed by atoms with Crippen molar-refractivity contribution >= 4 is 35.4 Å². The molecule has 1 aliphatic heterocycles. The van der Waals surface area contributed by atoms with Crippen molar-refractivity contribution in [3.05, 3.63) is 35.9 Å². The van der Waals surface area contributed by atoms with Crippen LogP contribution >= 0.6 is 23.5 Å². The Kier molecular flexibility index (Phi) is 5.20. The summed E-state index contributed by atoms with van der Waals surface area (Å²) in [5.74, 6) is 3.23. The maximum absolute atomic E-state index is 11.9. The predicted molar refractivity (Wildman–Crippen MR) is 80.4 cm³/mol. The molecule has 1 heterocycles. The van der Waals surface area contributed by atoms with Crippen molar-refractivity contribution in [2.45, 2.75) is 11.0 Å². The molecule has 0 spiro atoms. The number of hydrogen-bond acceptors (Lipinski definition) is 4. The largest absolute Gasteiger partial charge is 0.497 e. The highest BCUT2D eigenvalue weighted by molar-refractivity contribution is 8.18. The van der Waals surface area contributed by atoms with Crippen LogP contribution in [-0.2, 0) is 4.79 Å². The van der Waals surface area contributed by atoms with E-state index in [2.05, 4.69) is 0 Å². The van der Waals surface area contributed by atoms with Crippen LogP contribution in [0.5, 0.6) is 5.75 Å². The lowest BCUT2D eigenvalue weighted by molar-refractivity contribution is -0.112. The second-order valence-electron chi connectivity index (χ2n) is 3.94. The summed E-state index contributed by atoms with van der Waals surface area (Å²) in [5, 5.41) is 0. The Morgan fingerprint density at radius 3 is 2.56 bits per heavy atom. The molecule has 18 heavy (non-hydrogen) atoms. The molecular weight excluding hydrogens is 264 g/mol. The molecule has 1 aromatic carbocycles. The summed E-state index contributed by atoms with van der Waals surface area (Å²) in [6.07, 6.45) is 4.77. The molecule has 0 aliphatic carbocycles. The first-order valence-corrected chi connectivity index (χ1v) is 7.98. The predicted octanol–water partition coefficient (Wildman–Crippen LogP) is 3.47. The van der Waals surface area contributed by atoms with Gasteiger partial charge in [0.1, 0.15) is 10.3 Å². The minimum atomic E-state index is 0.0910. The molecule has 0 amide bonds. The van der Waals surface area contributed by atoms with Gasteiger partial charge in [-0.2, -0.15) is 0 Å².